The molecular formula is C22H18ClNO4S. The molecule has 0 saturated carbocycles. The predicted molar refractivity (Wildman–Crippen MR) is 116 cm³/mol. The fourth-order valence-corrected chi connectivity index (χ4v) is 3.82. The molecule has 7 heteroatoms. The molecule has 5 nitrogen and oxygen atoms in total. The lowest BCUT2D eigenvalue weighted by atomic mass is 10.1. The number of carbonyl (C=O) groups excluding carboxylic acids is 2. The van der Waals surface area contributed by atoms with E-state index in [2.05, 4.69) is 4.99 Å². The fourth-order valence-electron chi connectivity index (χ4n) is 2.59. The number of carbonyl (C=O) groups is 2. The van der Waals surface area contributed by atoms with Gasteiger partial charge in [0.1, 0.15) is 16.4 Å². The number of aliphatic hydroxyl groups excluding tert-OH is 1. The largest absolute Gasteiger partial charge is 0.506 e. The van der Waals surface area contributed by atoms with E-state index in [9.17, 15) is 14.7 Å². The van der Waals surface area contributed by atoms with Crippen LogP contribution in [0.4, 0.5) is 0 Å². The number of ether oxygens (including phenoxy) is 1. The maximum Gasteiger partial charge on any atom is 0.344 e. The quantitative estimate of drug-likeness (QED) is 0.665. The van der Waals surface area contributed by atoms with Crippen LogP contribution < -0.4 is 0 Å². The van der Waals surface area contributed by atoms with E-state index in [4.69, 9.17) is 16.3 Å². The molecule has 0 aromatic heterocycles. The van der Waals surface area contributed by atoms with Gasteiger partial charge in [-0.3, -0.25) is 4.79 Å². The summed E-state index contributed by atoms with van der Waals surface area (Å²) in [5.74, 6) is -1.61. The summed E-state index contributed by atoms with van der Waals surface area (Å²) in [5.41, 5.74) is 2.02. The van der Waals surface area contributed by atoms with Crippen LogP contribution >= 0.6 is 23.4 Å². The normalized spacial score (nSPS) is 16.5. The summed E-state index contributed by atoms with van der Waals surface area (Å²) in [6.45, 7) is 3.76. The number of esters is 1. The van der Waals surface area contributed by atoms with Gasteiger partial charge in [0.05, 0.1) is 22.1 Å². The van der Waals surface area contributed by atoms with Crippen molar-refractivity contribution in [1.82, 2.24) is 0 Å². The second-order valence-corrected chi connectivity index (χ2v) is 7.61. The highest BCUT2D eigenvalue weighted by Crippen LogP contribution is 2.39. The zero-order valence-corrected chi connectivity index (χ0v) is 17.4. The van der Waals surface area contributed by atoms with E-state index in [-0.39, 0.29) is 33.6 Å². The summed E-state index contributed by atoms with van der Waals surface area (Å²) in [6.07, 6.45) is 1.72. The van der Waals surface area contributed by atoms with Crippen LogP contribution in [0.2, 0.25) is 5.02 Å². The number of rotatable bonds is 4. The Morgan fingerprint density at radius 3 is 2.52 bits per heavy atom. The Kier molecular flexibility index (Phi) is 6.56. The van der Waals surface area contributed by atoms with E-state index in [0.29, 0.717) is 4.91 Å². The van der Waals surface area contributed by atoms with Crippen molar-refractivity contribution in [3.05, 3.63) is 86.5 Å². The maximum atomic E-state index is 12.6. The van der Waals surface area contributed by atoms with Crippen LogP contribution in [-0.4, -0.2) is 28.6 Å². The third-order valence-electron chi connectivity index (χ3n) is 4.05. The Labute approximate surface area is 177 Å². The van der Waals surface area contributed by atoms with Crippen LogP contribution in [-0.2, 0) is 9.53 Å². The van der Waals surface area contributed by atoms with Gasteiger partial charge in [-0.15, -0.1) is 0 Å². The number of aliphatic hydroxyl groups is 1. The van der Waals surface area contributed by atoms with E-state index in [1.165, 1.54) is 0 Å². The third kappa shape index (κ3) is 4.78. The number of benzene rings is 2. The van der Waals surface area contributed by atoms with Crippen molar-refractivity contribution in [3.63, 3.8) is 0 Å². The lowest BCUT2D eigenvalue weighted by Crippen LogP contribution is -2.14. The second kappa shape index (κ2) is 9.11. The van der Waals surface area contributed by atoms with Gasteiger partial charge in [0.15, 0.2) is 0 Å². The van der Waals surface area contributed by atoms with Gasteiger partial charge in [0.2, 0.25) is 0 Å². The van der Waals surface area contributed by atoms with Crippen LogP contribution in [0, 0.1) is 6.92 Å². The Morgan fingerprint density at radius 1 is 1.17 bits per heavy atom. The molecule has 29 heavy (non-hydrogen) atoms. The van der Waals surface area contributed by atoms with E-state index >= 15 is 0 Å². The summed E-state index contributed by atoms with van der Waals surface area (Å²) in [6, 6.07) is 14.2. The molecule has 0 radical (unpaired) electrons. The molecule has 1 amide bonds. The molecule has 0 unspecified atom stereocenters. The van der Waals surface area contributed by atoms with Gasteiger partial charge in [0.25, 0.3) is 5.91 Å². The minimum absolute atomic E-state index is 0.0734. The smallest absolute Gasteiger partial charge is 0.344 e. The average molecular weight is 428 g/mol. The highest BCUT2D eigenvalue weighted by Gasteiger charge is 2.34. The van der Waals surface area contributed by atoms with Crippen LogP contribution in [0.5, 0.6) is 0 Å². The number of thioether (sulfide) groups is 1. The number of hydrogen-bond donors (Lipinski definition) is 1. The van der Waals surface area contributed by atoms with Gasteiger partial charge in [0, 0.05) is 0 Å². The van der Waals surface area contributed by atoms with Crippen LogP contribution in [0.1, 0.15) is 28.4 Å². The molecule has 2 aromatic rings. The molecule has 3 rings (SSSR count). The molecule has 1 heterocycles. The average Bonchev–Trinajstić information content (AvgIpc) is 2.99. The first kappa shape index (κ1) is 20.9. The summed E-state index contributed by atoms with van der Waals surface area (Å²) in [4.78, 5) is 29.4. The van der Waals surface area contributed by atoms with E-state index in [1.807, 2.05) is 31.2 Å². The Morgan fingerprint density at radius 2 is 1.86 bits per heavy atom. The molecule has 0 fully saturated rings. The van der Waals surface area contributed by atoms with Crippen molar-refractivity contribution >= 4 is 46.4 Å². The number of nitrogens with zero attached hydrogens (tertiary/aromatic N) is 1. The summed E-state index contributed by atoms with van der Waals surface area (Å²) < 4.78 is 5.04. The Bertz CT molecular complexity index is 1050. The van der Waals surface area contributed by atoms with E-state index in [1.54, 1.807) is 37.3 Å². The molecule has 148 valence electrons. The highest BCUT2D eigenvalue weighted by atomic mass is 35.5. The van der Waals surface area contributed by atoms with Gasteiger partial charge < -0.3 is 9.84 Å². The first-order chi connectivity index (χ1) is 13.9. The molecule has 0 aliphatic carbocycles. The molecular weight excluding hydrogens is 410 g/mol. The minimum Gasteiger partial charge on any atom is -0.506 e. The van der Waals surface area contributed by atoms with Crippen molar-refractivity contribution in [2.75, 3.05) is 6.61 Å². The maximum absolute atomic E-state index is 12.6. The summed E-state index contributed by atoms with van der Waals surface area (Å²) in [5, 5.41) is 11.0. The number of aryl methyl sites for hydroxylation is 1. The molecule has 0 saturated heterocycles. The standard InChI is InChI=1S/C22H18ClNO4S/c1-3-28-22(27)18-19(25)17(12-14-10-8-13(2)9-11-14)29-21(18)24-20(26)15-6-4-5-7-16(15)23/h4-12,25H,3H2,1-2H3/b17-12-,24-21?. The molecule has 0 spiro atoms. The SMILES string of the molecule is CCOC(=O)C1=C(O)/C(=C/c2ccc(C)cc2)SC1=NC(=O)c1ccccc1Cl. The first-order valence-electron chi connectivity index (χ1n) is 8.85. The second-order valence-electron chi connectivity index (χ2n) is 6.17. The first-order valence-corrected chi connectivity index (χ1v) is 10.0. The van der Waals surface area contributed by atoms with E-state index in [0.717, 1.165) is 22.9 Å². The van der Waals surface area contributed by atoms with E-state index < -0.39 is 11.9 Å². The molecule has 1 aliphatic heterocycles. The van der Waals surface area contributed by atoms with Crippen LogP contribution in [0.25, 0.3) is 6.08 Å². The monoisotopic (exact) mass is 427 g/mol. The summed E-state index contributed by atoms with van der Waals surface area (Å²) >= 11 is 7.10. The van der Waals surface area contributed by atoms with Crippen molar-refractivity contribution in [3.8, 4) is 0 Å². The zero-order chi connectivity index (χ0) is 21.0. The van der Waals surface area contributed by atoms with Gasteiger partial charge in [-0.1, -0.05) is 65.3 Å². The molecule has 1 N–H and O–H groups in total. The number of hydrogen-bond acceptors (Lipinski definition) is 5. The van der Waals surface area contributed by atoms with Gasteiger partial charge >= 0.3 is 5.97 Å². The Balaban J connectivity index is 2.02. The van der Waals surface area contributed by atoms with Gasteiger partial charge in [-0.25, -0.2) is 9.79 Å². The minimum atomic E-state index is -0.740. The van der Waals surface area contributed by atoms with Crippen molar-refractivity contribution in [2.45, 2.75) is 13.8 Å². The lowest BCUT2D eigenvalue weighted by molar-refractivity contribution is -0.138. The predicted octanol–water partition coefficient (Wildman–Crippen LogP) is 5.35. The van der Waals surface area contributed by atoms with Crippen molar-refractivity contribution in [2.24, 2.45) is 4.99 Å². The number of amides is 1. The number of halogens is 1. The highest BCUT2D eigenvalue weighted by molar-refractivity contribution is 8.18. The van der Waals surface area contributed by atoms with Crippen LogP contribution in [0.15, 0.2) is 69.8 Å². The van der Waals surface area contributed by atoms with Gasteiger partial charge in [-0.2, -0.15) is 0 Å². The van der Waals surface area contributed by atoms with Crippen molar-refractivity contribution < 1.29 is 19.4 Å². The van der Waals surface area contributed by atoms with Crippen LogP contribution in [0.3, 0.4) is 0 Å². The molecule has 1 aliphatic rings. The number of aliphatic imine (C=N–C) groups is 1. The fraction of sp³-hybridized carbons (Fsp3) is 0.136. The third-order valence-corrected chi connectivity index (χ3v) is 5.40. The zero-order valence-electron chi connectivity index (χ0n) is 15.8. The van der Waals surface area contributed by atoms with Crippen molar-refractivity contribution in [1.29, 1.82) is 0 Å². The lowest BCUT2D eigenvalue weighted by Gasteiger charge is -2.04. The van der Waals surface area contributed by atoms with Gasteiger partial charge in [-0.05, 0) is 37.6 Å². The Hall–Kier alpha value is -2.83. The molecule has 0 bridgehead atoms. The molecule has 2 aromatic carbocycles. The topological polar surface area (TPSA) is 76.0 Å². The molecule has 0 atom stereocenters. The summed E-state index contributed by atoms with van der Waals surface area (Å²) in [7, 11) is 0.